The van der Waals surface area contributed by atoms with E-state index in [1.165, 1.54) is 4.68 Å². The average Bonchev–Trinajstić information content (AvgIpc) is 2.88. The maximum absolute atomic E-state index is 12.6. The van der Waals surface area contributed by atoms with E-state index in [2.05, 4.69) is 15.5 Å². The van der Waals surface area contributed by atoms with Crippen molar-refractivity contribution in [1.82, 2.24) is 24.8 Å². The van der Waals surface area contributed by atoms with Gasteiger partial charge in [0.15, 0.2) is 11.3 Å². The van der Waals surface area contributed by atoms with Gasteiger partial charge in [-0.15, -0.1) is 16.9 Å². The van der Waals surface area contributed by atoms with E-state index in [1.807, 2.05) is 36.1 Å². The number of tetrazole rings is 1. The maximum Gasteiger partial charge on any atom is 0.200 e. The number of nitrogens with zero attached hydrogens (tertiary/aromatic N) is 5. The number of aromatic nitrogens is 5. The Morgan fingerprint density at radius 3 is 2.70 bits per heavy atom. The zero-order valence-electron chi connectivity index (χ0n) is 11.4. The topological polar surface area (TPSA) is 65.6 Å². The van der Waals surface area contributed by atoms with Gasteiger partial charge in [0.05, 0.1) is 11.1 Å². The molecule has 2 aromatic heterocycles. The first kappa shape index (κ1) is 12.9. The van der Waals surface area contributed by atoms with E-state index in [0.29, 0.717) is 16.8 Å². The van der Waals surface area contributed by atoms with Gasteiger partial charge >= 0.3 is 0 Å². The number of aryl methyl sites for hydroxylation is 2. The number of thioether (sulfide) groups is 1. The average molecular weight is 287 g/mol. The minimum Gasteiger partial charge on any atom is -0.350 e. The molecule has 2 heterocycles. The molecular formula is C13H13N5OS. The highest BCUT2D eigenvalue weighted by Crippen LogP contribution is 2.22. The van der Waals surface area contributed by atoms with Crippen LogP contribution in [0.3, 0.4) is 0 Å². The van der Waals surface area contributed by atoms with Crippen molar-refractivity contribution >= 4 is 22.7 Å². The van der Waals surface area contributed by atoms with E-state index < -0.39 is 0 Å². The van der Waals surface area contributed by atoms with Crippen molar-refractivity contribution in [2.45, 2.75) is 4.90 Å². The molecule has 1 aromatic carbocycles. The molecular weight excluding hydrogens is 274 g/mol. The largest absolute Gasteiger partial charge is 0.350 e. The molecule has 0 unspecified atom stereocenters. The second kappa shape index (κ2) is 4.75. The Morgan fingerprint density at radius 1 is 1.25 bits per heavy atom. The fraction of sp³-hybridized carbons (Fsp3) is 0.231. The highest BCUT2D eigenvalue weighted by Gasteiger charge is 2.14. The molecule has 20 heavy (non-hydrogen) atoms. The Kier molecular flexibility index (Phi) is 3.06. The summed E-state index contributed by atoms with van der Waals surface area (Å²) in [6.45, 7) is 0. The van der Waals surface area contributed by atoms with E-state index in [1.54, 1.807) is 25.0 Å². The summed E-state index contributed by atoms with van der Waals surface area (Å²) in [6, 6.07) is 5.82. The number of hydrogen-bond acceptors (Lipinski definition) is 5. The molecule has 0 aliphatic heterocycles. The molecule has 0 bridgehead atoms. The number of rotatable bonds is 2. The number of hydrogen-bond donors (Lipinski definition) is 0. The quantitative estimate of drug-likeness (QED) is 0.667. The molecule has 0 atom stereocenters. The van der Waals surface area contributed by atoms with Gasteiger partial charge in [0.25, 0.3) is 0 Å². The Bertz CT molecular complexity index is 852. The fourth-order valence-electron chi connectivity index (χ4n) is 2.21. The van der Waals surface area contributed by atoms with Crippen LogP contribution < -0.4 is 5.43 Å². The van der Waals surface area contributed by atoms with Crippen LogP contribution in [0.5, 0.6) is 0 Å². The molecule has 7 heteroatoms. The lowest BCUT2D eigenvalue weighted by atomic mass is 10.1. The lowest BCUT2D eigenvalue weighted by Crippen LogP contribution is -2.12. The molecule has 3 aromatic rings. The zero-order chi connectivity index (χ0) is 14.3. The maximum atomic E-state index is 12.6. The van der Waals surface area contributed by atoms with Gasteiger partial charge in [0.2, 0.25) is 0 Å². The van der Waals surface area contributed by atoms with Gasteiger partial charge in [-0.1, -0.05) is 0 Å². The molecule has 102 valence electrons. The van der Waals surface area contributed by atoms with E-state index in [-0.39, 0.29) is 5.43 Å². The summed E-state index contributed by atoms with van der Waals surface area (Å²) in [7, 11) is 3.63. The van der Waals surface area contributed by atoms with Crippen molar-refractivity contribution < 1.29 is 0 Å². The van der Waals surface area contributed by atoms with Crippen molar-refractivity contribution in [3.8, 4) is 11.4 Å². The summed E-state index contributed by atoms with van der Waals surface area (Å²) >= 11 is 1.65. The molecule has 0 saturated heterocycles. The third-order valence-electron chi connectivity index (χ3n) is 3.26. The fourth-order valence-corrected chi connectivity index (χ4v) is 2.64. The second-order valence-corrected chi connectivity index (χ2v) is 5.37. The van der Waals surface area contributed by atoms with Gasteiger partial charge < -0.3 is 4.57 Å². The minimum atomic E-state index is -0.0522. The summed E-state index contributed by atoms with van der Waals surface area (Å²) < 4.78 is 3.43. The summed E-state index contributed by atoms with van der Waals surface area (Å²) in [6.07, 6.45) is 3.79. The van der Waals surface area contributed by atoms with Crippen LogP contribution in [-0.4, -0.2) is 31.0 Å². The lowest BCUT2D eigenvalue weighted by Gasteiger charge is -2.09. The molecule has 0 saturated carbocycles. The van der Waals surface area contributed by atoms with Crippen molar-refractivity contribution in [3.63, 3.8) is 0 Å². The van der Waals surface area contributed by atoms with Crippen molar-refractivity contribution in [2.24, 2.45) is 14.1 Å². The van der Waals surface area contributed by atoms with E-state index >= 15 is 0 Å². The third kappa shape index (κ3) is 1.90. The SMILES string of the molecule is CSc1ccc2c(=O)c(-c3nnnn3C)cn(C)c2c1. The van der Waals surface area contributed by atoms with Gasteiger partial charge in [-0.05, 0) is 34.9 Å². The second-order valence-electron chi connectivity index (χ2n) is 4.49. The van der Waals surface area contributed by atoms with Crippen molar-refractivity contribution in [3.05, 3.63) is 34.6 Å². The Labute approximate surface area is 119 Å². The normalized spacial score (nSPS) is 11.2. The molecule has 0 aliphatic carbocycles. The van der Waals surface area contributed by atoms with Crippen LogP contribution >= 0.6 is 11.8 Å². The monoisotopic (exact) mass is 287 g/mol. The zero-order valence-corrected chi connectivity index (χ0v) is 12.2. The van der Waals surface area contributed by atoms with E-state index in [0.717, 1.165) is 10.4 Å². The first-order valence-corrected chi connectivity index (χ1v) is 7.24. The summed E-state index contributed by atoms with van der Waals surface area (Å²) in [4.78, 5) is 13.7. The Hall–Kier alpha value is -2.15. The standard InChI is InChI=1S/C13H13N5OS/c1-17-7-10(13-14-15-16-18(13)2)12(19)9-5-4-8(20-3)6-11(9)17/h4-7H,1-3H3. The van der Waals surface area contributed by atoms with Crippen molar-refractivity contribution in [1.29, 1.82) is 0 Å². The van der Waals surface area contributed by atoms with E-state index in [4.69, 9.17) is 0 Å². The number of benzene rings is 1. The van der Waals surface area contributed by atoms with Crippen LogP contribution in [0.15, 0.2) is 34.1 Å². The molecule has 0 radical (unpaired) electrons. The highest BCUT2D eigenvalue weighted by molar-refractivity contribution is 7.98. The summed E-state index contributed by atoms with van der Waals surface area (Å²) in [5.74, 6) is 0.474. The highest BCUT2D eigenvalue weighted by atomic mass is 32.2. The van der Waals surface area contributed by atoms with Crippen LogP contribution in [0.1, 0.15) is 0 Å². The first-order valence-electron chi connectivity index (χ1n) is 6.02. The minimum absolute atomic E-state index is 0.0522. The number of pyridine rings is 1. The van der Waals surface area contributed by atoms with Crippen LogP contribution in [0.25, 0.3) is 22.3 Å². The Balaban J connectivity index is 2.36. The Morgan fingerprint density at radius 2 is 2.05 bits per heavy atom. The van der Waals surface area contributed by atoms with Crippen LogP contribution in [0, 0.1) is 0 Å². The molecule has 0 N–H and O–H groups in total. The van der Waals surface area contributed by atoms with Crippen LogP contribution in [0.2, 0.25) is 0 Å². The van der Waals surface area contributed by atoms with Gasteiger partial charge in [-0.3, -0.25) is 4.79 Å². The predicted octanol–water partition coefficient (Wildman–Crippen LogP) is 1.45. The molecule has 0 aliphatic rings. The predicted molar refractivity (Wildman–Crippen MR) is 78.8 cm³/mol. The molecule has 3 rings (SSSR count). The first-order chi connectivity index (χ1) is 9.61. The molecule has 0 spiro atoms. The van der Waals surface area contributed by atoms with Gasteiger partial charge in [0.1, 0.15) is 0 Å². The third-order valence-corrected chi connectivity index (χ3v) is 3.98. The van der Waals surface area contributed by atoms with Gasteiger partial charge in [-0.2, -0.15) is 0 Å². The smallest absolute Gasteiger partial charge is 0.200 e. The van der Waals surface area contributed by atoms with Crippen LogP contribution in [-0.2, 0) is 14.1 Å². The molecule has 0 fully saturated rings. The lowest BCUT2D eigenvalue weighted by molar-refractivity contribution is 0.714. The number of fused-ring (bicyclic) bond motifs is 1. The van der Waals surface area contributed by atoms with Gasteiger partial charge in [-0.25, -0.2) is 4.68 Å². The van der Waals surface area contributed by atoms with Crippen molar-refractivity contribution in [2.75, 3.05) is 6.26 Å². The molecule has 6 nitrogen and oxygen atoms in total. The summed E-state index contributed by atoms with van der Waals surface area (Å²) in [5.41, 5.74) is 1.36. The molecule has 0 amide bonds. The van der Waals surface area contributed by atoms with E-state index in [9.17, 15) is 4.79 Å². The van der Waals surface area contributed by atoms with Crippen LogP contribution in [0.4, 0.5) is 0 Å². The van der Waals surface area contributed by atoms with Gasteiger partial charge in [0, 0.05) is 30.6 Å². The summed E-state index contributed by atoms with van der Waals surface area (Å²) in [5, 5.41) is 11.9.